The summed E-state index contributed by atoms with van der Waals surface area (Å²) in [6, 6.07) is 30.5. The first-order valence-corrected chi connectivity index (χ1v) is 9.24. The smallest absolute Gasteiger partial charge is 0.0942 e. The van der Waals surface area contributed by atoms with Crippen molar-refractivity contribution >= 4 is 5.69 Å². The van der Waals surface area contributed by atoms with Crippen molar-refractivity contribution in [2.45, 2.75) is 31.9 Å². The summed E-state index contributed by atoms with van der Waals surface area (Å²) in [5, 5.41) is 15.2. The number of aliphatic hydroxyl groups is 1. The molecule has 0 aliphatic rings. The Labute approximate surface area is 156 Å². The molecule has 0 aliphatic heterocycles. The van der Waals surface area contributed by atoms with Crippen LogP contribution in [0.25, 0.3) is 0 Å². The summed E-state index contributed by atoms with van der Waals surface area (Å²) in [6.07, 6.45) is 0.591. The second-order valence-electron chi connectivity index (χ2n) is 7.12. The Morgan fingerprint density at radius 2 is 1.27 bits per heavy atom. The molecule has 26 heavy (non-hydrogen) atoms. The average molecular weight is 345 g/mol. The molecule has 3 aromatic carbocycles. The third-order valence-corrected chi connectivity index (χ3v) is 5.06. The molecule has 0 bridgehead atoms. The lowest BCUT2D eigenvalue weighted by atomic mass is 9.77. The Balaban J connectivity index is 1.95. The average Bonchev–Trinajstić information content (AvgIpc) is 2.69. The van der Waals surface area contributed by atoms with E-state index in [0.29, 0.717) is 6.42 Å². The predicted molar refractivity (Wildman–Crippen MR) is 109 cm³/mol. The van der Waals surface area contributed by atoms with Crippen LogP contribution in [0, 0.1) is 5.92 Å². The summed E-state index contributed by atoms with van der Waals surface area (Å²) in [5.74, 6) is 0.0914. The lowest BCUT2D eigenvalue weighted by Gasteiger charge is -2.37. The van der Waals surface area contributed by atoms with Crippen LogP contribution >= 0.6 is 0 Å². The van der Waals surface area contributed by atoms with Crippen molar-refractivity contribution in [3.05, 3.63) is 102 Å². The van der Waals surface area contributed by atoms with Gasteiger partial charge in [-0.25, -0.2) is 0 Å². The molecular weight excluding hydrogens is 318 g/mol. The quantitative estimate of drug-likeness (QED) is 0.569. The summed E-state index contributed by atoms with van der Waals surface area (Å²) in [7, 11) is 0. The fourth-order valence-corrected chi connectivity index (χ4v) is 3.40. The van der Waals surface area contributed by atoms with Crippen LogP contribution in [0.2, 0.25) is 0 Å². The molecule has 0 aromatic heterocycles. The lowest BCUT2D eigenvalue weighted by Crippen LogP contribution is -2.35. The molecule has 2 nitrogen and oxygen atoms in total. The molecule has 2 N–H and O–H groups in total. The van der Waals surface area contributed by atoms with Gasteiger partial charge in [-0.3, -0.25) is 0 Å². The van der Waals surface area contributed by atoms with Crippen molar-refractivity contribution in [1.82, 2.24) is 0 Å². The third-order valence-electron chi connectivity index (χ3n) is 5.06. The molecule has 3 aromatic rings. The van der Waals surface area contributed by atoms with Crippen LogP contribution in [-0.2, 0) is 5.60 Å². The zero-order chi connectivity index (χ0) is 18.4. The summed E-state index contributed by atoms with van der Waals surface area (Å²) in [4.78, 5) is 0. The lowest BCUT2D eigenvalue weighted by molar-refractivity contribution is -0.0229. The second-order valence-corrected chi connectivity index (χ2v) is 7.12. The summed E-state index contributed by atoms with van der Waals surface area (Å²) < 4.78 is 0. The normalized spacial score (nSPS) is 14.6. The van der Waals surface area contributed by atoms with Crippen LogP contribution in [0.15, 0.2) is 91.0 Å². The molecule has 0 unspecified atom stereocenters. The van der Waals surface area contributed by atoms with Gasteiger partial charge in [-0.2, -0.15) is 0 Å². The van der Waals surface area contributed by atoms with E-state index in [-0.39, 0.29) is 12.0 Å². The number of anilines is 1. The highest BCUT2D eigenvalue weighted by Crippen LogP contribution is 2.39. The molecule has 0 amide bonds. The van der Waals surface area contributed by atoms with Gasteiger partial charge in [-0.15, -0.1) is 0 Å². The SMILES string of the molecule is CC(C)[C@](O)(C[C@@H](Nc1ccccc1)c1ccccc1)c1ccccc1. The zero-order valence-corrected chi connectivity index (χ0v) is 15.5. The fraction of sp³-hybridized carbons (Fsp3) is 0.250. The molecule has 0 saturated carbocycles. The standard InChI is InChI=1S/C24H27NO/c1-19(2)24(26,21-14-8-4-9-15-21)18-23(20-12-6-3-7-13-20)25-22-16-10-5-11-17-22/h3-17,19,23,25-26H,18H2,1-2H3/t23-,24-/m1/s1. The number of hydrogen-bond donors (Lipinski definition) is 2. The number of nitrogens with one attached hydrogen (secondary N) is 1. The summed E-state index contributed by atoms with van der Waals surface area (Å²) in [6.45, 7) is 4.16. The van der Waals surface area contributed by atoms with E-state index in [1.807, 2.05) is 66.7 Å². The highest BCUT2D eigenvalue weighted by atomic mass is 16.3. The van der Waals surface area contributed by atoms with Crippen LogP contribution in [0.3, 0.4) is 0 Å². The van der Waals surface area contributed by atoms with Crippen LogP contribution in [0.5, 0.6) is 0 Å². The Morgan fingerprint density at radius 1 is 0.769 bits per heavy atom. The van der Waals surface area contributed by atoms with Gasteiger partial charge in [0.25, 0.3) is 0 Å². The van der Waals surface area contributed by atoms with Gasteiger partial charge in [0, 0.05) is 12.1 Å². The van der Waals surface area contributed by atoms with Gasteiger partial charge in [0.1, 0.15) is 0 Å². The largest absolute Gasteiger partial charge is 0.385 e. The Hall–Kier alpha value is -2.58. The van der Waals surface area contributed by atoms with Gasteiger partial charge in [0.2, 0.25) is 0 Å². The van der Waals surface area contributed by atoms with Gasteiger partial charge in [0.15, 0.2) is 0 Å². The van der Waals surface area contributed by atoms with E-state index >= 15 is 0 Å². The Bertz CT molecular complexity index is 786. The molecule has 0 saturated heterocycles. The van der Waals surface area contributed by atoms with E-state index in [2.05, 4.69) is 43.4 Å². The highest BCUT2D eigenvalue weighted by molar-refractivity contribution is 5.45. The molecule has 134 valence electrons. The van der Waals surface area contributed by atoms with Crippen molar-refractivity contribution in [2.24, 2.45) is 5.92 Å². The van der Waals surface area contributed by atoms with Crippen LogP contribution < -0.4 is 5.32 Å². The monoisotopic (exact) mass is 345 g/mol. The minimum absolute atomic E-state index is 0.00575. The van der Waals surface area contributed by atoms with E-state index in [0.717, 1.165) is 11.3 Å². The minimum atomic E-state index is -0.913. The predicted octanol–water partition coefficient (Wildman–Crippen LogP) is 5.77. The Kier molecular flexibility index (Phi) is 5.75. The molecule has 0 aliphatic carbocycles. The second kappa shape index (κ2) is 8.20. The third kappa shape index (κ3) is 4.14. The van der Waals surface area contributed by atoms with Crippen LogP contribution in [0.1, 0.15) is 37.4 Å². The van der Waals surface area contributed by atoms with Gasteiger partial charge < -0.3 is 10.4 Å². The first-order chi connectivity index (χ1) is 12.6. The maximum Gasteiger partial charge on any atom is 0.0942 e. The van der Waals surface area contributed by atoms with E-state index in [1.54, 1.807) is 0 Å². The van der Waals surface area contributed by atoms with Gasteiger partial charge in [-0.1, -0.05) is 92.7 Å². The van der Waals surface area contributed by atoms with E-state index in [4.69, 9.17) is 0 Å². The van der Waals surface area contributed by atoms with E-state index < -0.39 is 5.60 Å². The molecule has 0 fully saturated rings. The number of para-hydroxylation sites is 1. The molecule has 3 rings (SSSR count). The molecule has 0 spiro atoms. The maximum atomic E-state index is 11.6. The molecular formula is C24H27NO. The Morgan fingerprint density at radius 3 is 1.81 bits per heavy atom. The molecule has 2 atom stereocenters. The van der Waals surface area contributed by atoms with Gasteiger partial charge in [0.05, 0.1) is 11.6 Å². The van der Waals surface area contributed by atoms with Crippen LogP contribution in [0.4, 0.5) is 5.69 Å². The van der Waals surface area contributed by atoms with Crippen molar-refractivity contribution in [3.63, 3.8) is 0 Å². The molecule has 2 heteroatoms. The first-order valence-electron chi connectivity index (χ1n) is 9.24. The fourth-order valence-electron chi connectivity index (χ4n) is 3.40. The molecule has 0 radical (unpaired) electrons. The number of rotatable bonds is 7. The van der Waals surface area contributed by atoms with Crippen LogP contribution in [-0.4, -0.2) is 5.11 Å². The zero-order valence-electron chi connectivity index (χ0n) is 15.5. The highest BCUT2D eigenvalue weighted by Gasteiger charge is 2.36. The molecule has 0 heterocycles. The van der Waals surface area contributed by atoms with Crippen molar-refractivity contribution in [1.29, 1.82) is 0 Å². The summed E-state index contributed by atoms with van der Waals surface area (Å²) >= 11 is 0. The van der Waals surface area contributed by atoms with Crippen molar-refractivity contribution < 1.29 is 5.11 Å². The van der Waals surface area contributed by atoms with Gasteiger partial charge in [-0.05, 0) is 29.2 Å². The summed E-state index contributed by atoms with van der Waals surface area (Å²) in [5.41, 5.74) is 2.28. The minimum Gasteiger partial charge on any atom is -0.385 e. The number of benzene rings is 3. The van der Waals surface area contributed by atoms with E-state index in [1.165, 1.54) is 5.56 Å². The maximum absolute atomic E-state index is 11.6. The van der Waals surface area contributed by atoms with E-state index in [9.17, 15) is 5.11 Å². The van der Waals surface area contributed by atoms with Gasteiger partial charge >= 0.3 is 0 Å². The number of hydrogen-bond acceptors (Lipinski definition) is 2. The topological polar surface area (TPSA) is 32.3 Å². The first kappa shape index (κ1) is 18.2. The van der Waals surface area contributed by atoms with Crippen molar-refractivity contribution in [3.8, 4) is 0 Å². The van der Waals surface area contributed by atoms with Crippen molar-refractivity contribution in [2.75, 3.05) is 5.32 Å².